The van der Waals surface area contributed by atoms with Gasteiger partial charge in [-0.25, -0.2) is 17.8 Å². The summed E-state index contributed by atoms with van der Waals surface area (Å²) in [5, 5.41) is 5.14. The summed E-state index contributed by atoms with van der Waals surface area (Å²) in [6, 6.07) is 12.0. The minimum Gasteiger partial charge on any atom is -0.311 e. The predicted molar refractivity (Wildman–Crippen MR) is 115 cm³/mol. The van der Waals surface area contributed by atoms with Crippen LogP contribution < -0.4 is 14.9 Å². The largest absolute Gasteiger partial charge is 0.311 e. The highest BCUT2D eigenvalue weighted by molar-refractivity contribution is 7.93. The van der Waals surface area contributed by atoms with Crippen molar-refractivity contribution in [2.45, 2.75) is 23.9 Å². The van der Waals surface area contributed by atoms with Crippen molar-refractivity contribution in [3.05, 3.63) is 71.5 Å². The lowest BCUT2D eigenvalue weighted by Gasteiger charge is -2.18. The molecule has 0 radical (unpaired) electrons. The minimum absolute atomic E-state index is 0. The summed E-state index contributed by atoms with van der Waals surface area (Å²) >= 11 is 1.19. The monoisotopic (exact) mass is 448 g/mol. The van der Waals surface area contributed by atoms with Crippen LogP contribution in [-0.4, -0.2) is 31.9 Å². The van der Waals surface area contributed by atoms with Crippen molar-refractivity contribution < 1.29 is 19.0 Å². The molecule has 10 heteroatoms. The van der Waals surface area contributed by atoms with E-state index in [0.717, 1.165) is 5.56 Å². The maximum absolute atomic E-state index is 13.3. The molecule has 1 aliphatic rings. The van der Waals surface area contributed by atoms with Crippen molar-refractivity contribution >= 4 is 38.1 Å². The number of rotatable bonds is 7. The third kappa shape index (κ3) is 4.50. The summed E-state index contributed by atoms with van der Waals surface area (Å²) in [6.07, 6.45) is 2.13. The first-order valence-corrected chi connectivity index (χ1v) is 11.6. The molecular formula is C20H21FN4O3S2. The zero-order chi connectivity index (χ0) is 21.1. The average Bonchev–Trinajstić information content (AvgIpc) is 3.36. The van der Waals surface area contributed by atoms with E-state index in [1.165, 1.54) is 41.8 Å². The van der Waals surface area contributed by atoms with Crippen LogP contribution in [0, 0.1) is 5.82 Å². The third-order valence-corrected chi connectivity index (χ3v) is 6.93. The van der Waals surface area contributed by atoms with Crippen molar-refractivity contribution in [1.29, 1.82) is 0 Å². The van der Waals surface area contributed by atoms with Gasteiger partial charge in [0.15, 0.2) is 5.13 Å². The molecule has 2 aromatic carbocycles. The van der Waals surface area contributed by atoms with Crippen LogP contribution in [0.3, 0.4) is 0 Å². The van der Waals surface area contributed by atoms with E-state index in [0.29, 0.717) is 30.3 Å². The first kappa shape index (κ1) is 20.5. The van der Waals surface area contributed by atoms with Crippen LogP contribution in [0.2, 0.25) is 0 Å². The van der Waals surface area contributed by atoms with Crippen LogP contribution in [0.5, 0.6) is 0 Å². The Hall–Kier alpha value is -2.82. The molecule has 0 aliphatic carbocycles. The van der Waals surface area contributed by atoms with Crippen molar-refractivity contribution in [3.8, 4) is 0 Å². The molecule has 4 rings (SSSR count). The van der Waals surface area contributed by atoms with E-state index >= 15 is 0 Å². The van der Waals surface area contributed by atoms with Gasteiger partial charge in [0.1, 0.15) is 5.82 Å². The second kappa shape index (κ2) is 8.50. The van der Waals surface area contributed by atoms with Crippen molar-refractivity contribution in [2.75, 3.05) is 16.2 Å². The number of carbonyl (C=O) groups excluding carboxylic acids is 1. The second-order valence-corrected chi connectivity index (χ2v) is 9.36. The number of aromatic nitrogens is 1. The van der Waals surface area contributed by atoms with Gasteiger partial charge in [-0.15, -0.1) is 11.3 Å². The summed E-state index contributed by atoms with van der Waals surface area (Å²) < 4.78 is 40.6. The first-order chi connectivity index (χ1) is 14.4. The van der Waals surface area contributed by atoms with Gasteiger partial charge in [0.05, 0.1) is 10.9 Å². The highest BCUT2D eigenvalue weighted by Gasteiger charge is 2.32. The van der Waals surface area contributed by atoms with E-state index in [2.05, 4.69) is 15.0 Å². The number of anilines is 2. The molecule has 1 atom stereocenters. The number of nitrogens with one attached hydrogen (secondary N) is 2. The Morgan fingerprint density at radius 3 is 2.73 bits per heavy atom. The second-order valence-electron chi connectivity index (χ2n) is 6.78. The maximum atomic E-state index is 13.3. The number of sulfonamides is 1. The van der Waals surface area contributed by atoms with E-state index in [-0.39, 0.29) is 24.1 Å². The van der Waals surface area contributed by atoms with E-state index < -0.39 is 10.0 Å². The Labute approximate surface area is 179 Å². The normalized spacial score (nSPS) is 16.8. The molecule has 1 aromatic heterocycles. The average molecular weight is 449 g/mol. The van der Waals surface area contributed by atoms with E-state index in [1.54, 1.807) is 34.5 Å². The Morgan fingerprint density at radius 2 is 2.03 bits per heavy atom. The molecule has 1 fully saturated rings. The fourth-order valence-electron chi connectivity index (χ4n) is 3.27. The SMILES string of the molecule is O=C1C(NCc2cccc(F)c2)CCN1c1ccc(S(=O)(=O)Nc2nccs2)cc1.[HH]. The number of nitrogens with zero attached hydrogens (tertiary/aromatic N) is 2. The molecule has 30 heavy (non-hydrogen) atoms. The van der Waals surface area contributed by atoms with Gasteiger partial charge in [-0.1, -0.05) is 12.1 Å². The molecule has 0 spiro atoms. The fraction of sp³-hybridized carbons (Fsp3) is 0.200. The molecule has 1 aliphatic heterocycles. The Kier molecular flexibility index (Phi) is 5.80. The smallest absolute Gasteiger partial charge is 0.263 e. The molecule has 158 valence electrons. The summed E-state index contributed by atoms with van der Waals surface area (Å²) in [5.41, 5.74) is 1.40. The van der Waals surface area contributed by atoms with Crippen LogP contribution in [0.15, 0.2) is 65.0 Å². The Morgan fingerprint density at radius 1 is 1.23 bits per heavy atom. The number of hydrogen-bond acceptors (Lipinski definition) is 6. The van der Waals surface area contributed by atoms with Crippen LogP contribution >= 0.6 is 11.3 Å². The molecule has 1 saturated heterocycles. The molecule has 7 nitrogen and oxygen atoms in total. The van der Waals surface area contributed by atoms with Gasteiger partial charge in [-0.2, -0.15) is 0 Å². The van der Waals surface area contributed by atoms with Gasteiger partial charge in [-0.3, -0.25) is 9.52 Å². The number of amides is 1. The number of halogens is 1. The molecule has 1 unspecified atom stereocenters. The lowest BCUT2D eigenvalue weighted by molar-refractivity contribution is -0.118. The van der Waals surface area contributed by atoms with Gasteiger partial charge in [0, 0.05) is 31.8 Å². The number of hydrogen-bond donors (Lipinski definition) is 2. The lowest BCUT2D eigenvalue weighted by Crippen LogP contribution is -2.38. The fourth-order valence-corrected chi connectivity index (χ4v) is 5.06. The van der Waals surface area contributed by atoms with Crippen LogP contribution in [-0.2, 0) is 21.4 Å². The number of benzene rings is 2. The number of thiazole rings is 1. The minimum atomic E-state index is -3.74. The molecule has 2 N–H and O–H groups in total. The highest BCUT2D eigenvalue weighted by atomic mass is 32.2. The Bertz CT molecular complexity index is 1140. The molecular weight excluding hydrogens is 427 g/mol. The molecule has 2 heterocycles. The van der Waals surface area contributed by atoms with E-state index in [4.69, 9.17) is 0 Å². The Balaban J connectivity index is 0.00000272. The topological polar surface area (TPSA) is 91.4 Å². The molecule has 1 amide bonds. The van der Waals surface area contributed by atoms with Crippen LogP contribution in [0.4, 0.5) is 15.2 Å². The van der Waals surface area contributed by atoms with Crippen molar-refractivity contribution in [1.82, 2.24) is 10.3 Å². The summed E-state index contributed by atoms with van der Waals surface area (Å²) in [7, 11) is -3.74. The van der Waals surface area contributed by atoms with Gasteiger partial charge in [-0.05, 0) is 48.4 Å². The molecule has 0 saturated carbocycles. The standard InChI is InChI=1S/C20H19FN4O3S2.H2/c21-15-3-1-2-14(12-15)13-23-18-8-10-25(19(18)26)16-4-6-17(7-5-16)30(27,28)24-20-22-9-11-29-20;/h1-7,9,11-12,18,23H,8,10,13H2,(H,22,24);1H. The predicted octanol–water partition coefficient (Wildman–Crippen LogP) is 3.22. The molecule has 3 aromatic rings. The van der Waals surface area contributed by atoms with Gasteiger partial charge in [0.25, 0.3) is 10.0 Å². The molecule has 0 bridgehead atoms. The summed E-state index contributed by atoms with van der Waals surface area (Å²) in [5.74, 6) is -0.406. The summed E-state index contributed by atoms with van der Waals surface area (Å²) in [4.78, 5) is 18.4. The number of carbonyl (C=O) groups is 1. The zero-order valence-corrected chi connectivity index (χ0v) is 17.4. The quantitative estimate of drug-likeness (QED) is 0.579. The van der Waals surface area contributed by atoms with Gasteiger partial charge in [0.2, 0.25) is 5.91 Å². The first-order valence-electron chi connectivity index (χ1n) is 9.24. The van der Waals surface area contributed by atoms with Gasteiger partial charge < -0.3 is 10.2 Å². The van der Waals surface area contributed by atoms with Crippen LogP contribution in [0.1, 0.15) is 13.4 Å². The zero-order valence-electron chi connectivity index (χ0n) is 15.8. The lowest BCUT2D eigenvalue weighted by atomic mass is 10.2. The van der Waals surface area contributed by atoms with Crippen LogP contribution in [0.25, 0.3) is 0 Å². The summed E-state index contributed by atoms with van der Waals surface area (Å²) in [6.45, 7) is 0.907. The van der Waals surface area contributed by atoms with E-state index in [1.807, 2.05) is 0 Å². The highest BCUT2D eigenvalue weighted by Crippen LogP contribution is 2.25. The van der Waals surface area contributed by atoms with Crippen molar-refractivity contribution in [3.63, 3.8) is 0 Å². The van der Waals surface area contributed by atoms with E-state index in [9.17, 15) is 17.6 Å². The third-order valence-electron chi connectivity index (χ3n) is 4.76. The van der Waals surface area contributed by atoms with Gasteiger partial charge >= 0.3 is 0 Å². The maximum Gasteiger partial charge on any atom is 0.263 e. The van der Waals surface area contributed by atoms with Crippen molar-refractivity contribution in [2.24, 2.45) is 0 Å².